The monoisotopic (exact) mass is 466 g/mol. The Morgan fingerprint density at radius 3 is 2.88 bits per heavy atom. The first kappa shape index (κ1) is 21.1. The van der Waals surface area contributed by atoms with E-state index in [9.17, 15) is 4.79 Å². The number of anilines is 1. The fraction of sp³-hybridized carbons (Fsp3) is 0.286. The van der Waals surface area contributed by atoms with Crippen LogP contribution < -0.4 is 20.5 Å². The number of hydrogen-bond acceptors (Lipinski definition) is 9. The van der Waals surface area contributed by atoms with E-state index < -0.39 is 0 Å². The lowest BCUT2D eigenvalue weighted by molar-refractivity contribution is -0.124. The van der Waals surface area contributed by atoms with Gasteiger partial charge >= 0.3 is 0 Å². The molecule has 3 aromatic heterocycles. The minimum absolute atomic E-state index is 0.0145. The lowest BCUT2D eigenvalue weighted by Gasteiger charge is -2.12. The summed E-state index contributed by atoms with van der Waals surface area (Å²) in [4.78, 5) is 26.1. The second kappa shape index (κ2) is 8.62. The topological polar surface area (TPSA) is 146 Å². The molecule has 11 nitrogen and oxygen atoms in total. The van der Waals surface area contributed by atoms with Crippen molar-refractivity contribution in [1.82, 2.24) is 35.0 Å². The van der Waals surface area contributed by atoms with Crippen molar-refractivity contribution in [3.63, 3.8) is 0 Å². The summed E-state index contributed by atoms with van der Waals surface area (Å²) in [6, 6.07) is 5.70. The first-order valence-electron chi connectivity index (χ1n) is 10.4. The highest BCUT2D eigenvalue weighted by Gasteiger charge is 2.23. The molecule has 1 aliphatic heterocycles. The van der Waals surface area contributed by atoms with Crippen molar-refractivity contribution in [3.05, 3.63) is 30.7 Å². The molecule has 0 bridgehead atoms. The van der Waals surface area contributed by atoms with E-state index in [-0.39, 0.29) is 18.6 Å². The Kier molecular flexibility index (Phi) is 5.50. The number of aromatic nitrogens is 6. The number of aromatic amines is 1. The summed E-state index contributed by atoms with van der Waals surface area (Å²) in [5.41, 5.74) is 8.82. The molecule has 4 aromatic rings. The minimum Gasteiger partial charge on any atom is -0.454 e. The summed E-state index contributed by atoms with van der Waals surface area (Å²) in [7, 11) is 0. The van der Waals surface area contributed by atoms with Crippen molar-refractivity contribution in [2.75, 3.05) is 19.1 Å². The lowest BCUT2D eigenvalue weighted by atomic mass is 10.1. The highest BCUT2D eigenvalue weighted by Crippen LogP contribution is 2.44. The third kappa shape index (κ3) is 4.04. The van der Waals surface area contributed by atoms with Gasteiger partial charge in [-0.25, -0.2) is 15.0 Å². The number of nitrogens with one attached hydrogen (secondary N) is 2. The van der Waals surface area contributed by atoms with Gasteiger partial charge in [0.15, 0.2) is 33.6 Å². The molecule has 1 amide bonds. The molecule has 0 fully saturated rings. The van der Waals surface area contributed by atoms with Crippen LogP contribution in [0.5, 0.6) is 11.5 Å². The zero-order chi connectivity index (χ0) is 22.9. The van der Waals surface area contributed by atoms with E-state index >= 15 is 0 Å². The highest BCUT2D eigenvalue weighted by molar-refractivity contribution is 7.99. The Morgan fingerprint density at radius 2 is 2.12 bits per heavy atom. The van der Waals surface area contributed by atoms with Gasteiger partial charge in [0.1, 0.15) is 6.33 Å². The van der Waals surface area contributed by atoms with Gasteiger partial charge in [-0.05, 0) is 18.2 Å². The number of H-pyrrole nitrogens is 1. The lowest BCUT2D eigenvalue weighted by Crippen LogP contribution is -2.30. The average molecular weight is 467 g/mol. The third-order valence-corrected chi connectivity index (χ3v) is 6.19. The summed E-state index contributed by atoms with van der Waals surface area (Å²) < 4.78 is 13.1. The second-order valence-corrected chi connectivity index (χ2v) is 8.70. The molecule has 4 heterocycles. The molecule has 4 N–H and O–H groups in total. The van der Waals surface area contributed by atoms with Crippen LogP contribution in [0.25, 0.3) is 22.4 Å². The number of nitrogens with two attached hydrogens (primary N) is 1. The zero-order valence-corrected chi connectivity index (χ0v) is 18.8. The standard InChI is InChI=1S/C21H22N8O3S/c1-11(2)20(30)23-5-6-29-19-17(18(22)24-9-25-19)27-21(29)33-16-8-15-14(31-10-32-15)7-12(16)13-3-4-26-28-13/h3-4,7-9,11H,5-6,10H2,1-2H3,(H,23,30)(H,26,28)(H2,22,24,25). The molecular formula is C21H22N8O3S. The molecule has 12 heteroatoms. The molecule has 0 spiro atoms. The summed E-state index contributed by atoms with van der Waals surface area (Å²) in [6.07, 6.45) is 3.17. The van der Waals surface area contributed by atoms with E-state index in [1.807, 2.05) is 36.6 Å². The maximum absolute atomic E-state index is 12.0. The Balaban J connectivity index is 1.54. The van der Waals surface area contributed by atoms with Gasteiger partial charge in [-0.1, -0.05) is 25.6 Å². The minimum atomic E-state index is -0.0959. The van der Waals surface area contributed by atoms with E-state index in [0.29, 0.717) is 46.7 Å². The van der Waals surface area contributed by atoms with E-state index in [1.54, 1.807) is 6.20 Å². The number of nitrogens with zero attached hydrogens (tertiary/aromatic N) is 5. The molecule has 0 radical (unpaired) electrons. The van der Waals surface area contributed by atoms with Crippen LogP contribution in [0.2, 0.25) is 0 Å². The van der Waals surface area contributed by atoms with Crippen LogP contribution >= 0.6 is 11.8 Å². The number of carbonyl (C=O) groups excluding carboxylic acids is 1. The van der Waals surface area contributed by atoms with Crippen LogP contribution in [0.4, 0.5) is 5.82 Å². The van der Waals surface area contributed by atoms with Crippen LogP contribution in [-0.2, 0) is 11.3 Å². The number of carbonyl (C=O) groups is 1. The third-order valence-electron chi connectivity index (χ3n) is 5.14. The molecule has 0 atom stereocenters. The van der Waals surface area contributed by atoms with E-state index in [1.165, 1.54) is 18.1 Å². The largest absolute Gasteiger partial charge is 0.454 e. The summed E-state index contributed by atoms with van der Waals surface area (Å²) in [6.45, 7) is 4.77. The maximum Gasteiger partial charge on any atom is 0.231 e. The van der Waals surface area contributed by atoms with Gasteiger partial charge in [0, 0.05) is 35.7 Å². The molecule has 33 heavy (non-hydrogen) atoms. The van der Waals surface area contributed by atoms with Crippen molar-refractivity contribution in [2.24, 2.45) is 5.92 Å². The summed E-state index contributed by atoms with van der Waals surface area (Å²) in [5.74, 6) is 1.51. The van der Waals surface area contributed by atoms with Gasteiger partial charge in [0.25, 0.3) is 0 Å². The van der Waals surface area contributed by atoms with Crippen LogP contribution in [0.1, 0.15) is 13.8 Å². The summed E-state index contributed by atoms with van der Waals surface area (Å²) >= 11 is 1.43. The Bertz CT molecular complexity index is 1320. The Hall–Kier alpha value is -3.80. The predicted octanol–water partition coefficient (Wildman–Crippen LogP) is 2.45. The van der Waals surface area contributed by atoms with Crippen LogP contribution in [-0.4, -0.2) is 49.0 Å². The number of rotatable bonds is 7. The van der Waals surface area contributed by atoms with Crippen molar-refractivity contribution < 1.29 is 14.3 Å². The Labute approximate surface area is 193 Å². The molecule has 170 valence electrons. The van der Waals surface area contributed by atoms with Crippen LogP contribution in [0.15, 0.2) is 40.8 Å². The first-order chi connectivity index (χ1) is 16.0. The SMILES string of the molecule is CC(C)C(=O)NCCn1c(Sc2cc3c(cc2-c2cc[nH]n2)OCO3)nc2c(N)ncnc21. The number of ether oxygens (including phenoxy) is 2. The molecule has 0 saturated heterocycles. The van der Waals surface area contributed by atoms with Gasteiger partial charge in [0.05, 0.1) is 5.69 Å². The second-order valence-electron chi connectivity index (χ2n) is 7.69. The van der Waals surface area contributed by atoms with E-state index in [4.69, 9.17) is 20.2 Å². The van der Waals surface area contributed by atoms with Crippen molar-refractivity contribution in [1.29, 1.82) is 0 Å². The van der Waals surface area contributed by atoms with Crippen molar-refractivity contribution in [3.8, 4) is 22.8 Å². The number of fused-ring (bicyclic) bond motifs is 2. The Morgan fingerprint density at radius 1 is 1.30 bits per heavy atom. The fourth-order valence-electron chi connectivity index (χ4n) is 3.43. The number of nitrogen functional groups attached to an aromatic ring is 1. The van der Waals surface area contributed by atoms with Crippen LogP contribution in [0.3, 0.4) is 0 Å². The number of amides is 1. The molecule has 0 aliphatic carbocycles. The smallest absolute Gasteiger partial charge is 0.231 e. The van der Waals surface area contributed by atoms with Crippen molar-refractivity contribution in [2.45, 2.75) is 30.4 Å². The molecule has 1 aliphatic rings. The van der Waals surface area contributed by atoms with Crippen molar-refractivity contribution >= 4 is 34.7 Å². The van der Waals surface area contributed by atoms with E-state index in [0.717, 1.165) is 16.2 Å². The van der Waals surface area contributed by atoms with Crippen LogP contribution in [0, 0.1) is 5.92 Å². The van der Waals surface area contributed by atoms with E-state index in [2.05, 4.69) is 25.5 Å². The fourth-order valence-corrected chi connectivity index (χ4v) is 4.49. The number of hydrogen-bond donors (Lipinski definition) is 3. The van der Waals surface area contributed by atoms with Gasteiger partial charge in [-0.15, -0.1) is 0 Å². The number of imidazole rings is 1. The zero-order valence-electron chi connectivity index (χ0n) is 18.0. The molecular weight excluding hydrogens is 444 g/mol. The average Bonchev–Trinajstić information content (AvgIpc) is 3.54. The highest BCUT2D eigenvalue weighted by atomic mass is 32.2. The van der Waals surface area contributed by atoms with Gasteiger partial charge < -0.3 is 25.1 Å². The molecule has 5 rings (SSSR count). The summed E-state index contributed by atoms with van der Waals surface area (Å²) in [5, 5.41) is 10.8. The molecule has 0 saturated carbocycles. The van der Waals surface area contributed by atoms with Gasteiger partial charge in [-0.2, -0.15) is 5.10 Å². The maximum atomic E-state index is 12.0. The quantitative estimate of drug-likeness (QED) is 0.374. The normalized spacial score (nSPS) is 12.6. The van der Waals surface area contributed by atoms with Gasteiger partial charge in [0.2, 0.25) is 12.7 Å². The predicted molar refractivity (Wildman–Crippen MR) is 122 cm³/mol. The van der Waals surface area contributed by atoms with Gasteiger partial charge in [-0.3, -0.25) is 9.89 Å². The number of benzene rings is 1. The molecule has 0 unspecified atom stereocenters. The molecule has 1 aromatic carbocycles. The first-order valence-corrected chi connectivity index (χ1v) is 11.2.